The Morgan fingerprint density at radius 3 is 2.15 bits per heavy atom. The van der Waals surface area contributed by atoms with Crippen LogP contribution in [0.15, 0.2) is 0 Å². The highest BCUT2D eigenvalue weighted by atomic mass is 28.4. The van der Waals surface area contributed by atoms with Crippen LogP contribution in [-0.2, 0) is 4.43 Å². The lowest BCUT2D eigenvalue weighted by atomic mass is 10.1. The molecule has 1 atom stereocenters. The highest BCUT2D eigenvalue weighted by molar-refractivity contribution is 6.69. The molecule has 0 amide bonds. The molecule has 13 heavy (non-hydrogen) atoms. The van der Waals surface area contributed by atoms with Crippen LogP contribution in [0, 0.1) is 5.92 Å². The second-order valence-electron chi connectivity index (χ2n) is 5.48. The van der Waals surface area contributed by atoms with Crippen LogP contribution in [0.4, 0.5) is 0 Å². The zero-order chi connectivity index (χ0) is 10.5. The molecular weight excluding hydrogens is 192 g/mol. The predicted molar refractivity (Wildman–Crippen MR) is 66.8 cm³/mol. The first-order valence-corrected chi connectivity index (χ1v) is 12.0. The van der Waals surface area contributed by atoms with E-state index >= 15 is 0 Å². The second-order valence-corrected chi connectivity index (χ2v) is 13.3. The molecule has 0 fully saturated rings. The van der Waals surface area contributed by atoms with Crippen LogP contribution in [-0.4, -0.2) is 23.7 Å². The average molecular weight is 218 g/mol. The lowest BCUT2D eigenvalue weighted by molar-refractivity contribution is 0.283. The molecule has 3 heteroatoms. The molecule has 0 radical (unpaired) electrons. The average Bonchev–Trinajstić information content (AvgIpc) is 1.81. The molecule has 0 aromatic carbocycles. The molecule has 0 aliphatic heterocycles. The van der Waals surface area contributed by atoms with Gasteiger partial charge in [0.2, 0.25) is 0 Å². The molecule has 0 heterocycles. The summed E-state index contributed by atoms with van der Waals surface area (Å²) in [7, 11) is -1.61. The van der Waals surface area contributed by atoms with Crippen LogP contribution in [0.2, 0.25) is 38.8 Å². The fraction of sp³-hybridized carbons (Fsp3) is 1.00. The van der Waals surface area contributed by atoms with Gasteiger partial charge in [-0.1, -0.05) is 26.1 Å². The quantitative estimate of drug-likeness (QED) is 0.621. The summed E-state index contributed by atoms with van der Waals surface area (Å²) >= 11 is 0. The van der Waals surface area contributed by atoms with Gasteiger partial charge >= 0.3 is 0 Å². The van der Waals surface area contributed by atoms with Gasteiger partial charge in [-0.2, -0.15) is 0 Å². The number of rotatable bonds is 6. The van der Waals surface area contributed by atoms with E-state index < -0.39 is 8.32 Å². The van der Waals surface area contributed by atoms with Gasteiger partial charge in [0.05, 0.1) is 0 Å². The predicted octanol–water partition coefficient (Wildman–Crippen LogP) is 3.35. The van der Waals surface area contributed by atoms with E-state index in [2.05, 4.69) is 39.7 Å². The molecular formula is C10H26OSi2. The van der Waals surface area contributed by atoms with Crippen molar-refractivity contribution in [2.75, 3.05) is 6.61 Å². The maximum absolute atomic E-state index is 5.84. The van der Waals surface area contributed by atoms with Crippen molar-refractivity contribution in [1.82, 2.24) is 0 Å². The largest absolute Gasteiger partial charge is 0.418 e. The van der Waals surface area contributed by atoms with E-state index in [4.69, 9.17) is 4.43 Å². The minimum atomic E-state index is -1.25. The molecule has 0 aliphatic rings. The van der Waals surface area contributed by atoms with Crippen LogP contribution in [0.25, 0.3) is 0 Å². The lowest BCUT2D eigenvalue weighted by Gasteiger charge is -2.19. The Kier molecular flexibility index (Phi) is 6.17. The zero-order valence-electron chi connectivity index (χ0n) is 10.2. The van der Waals surface area contributed by atoms with Crippen molar-refractivity contribution in [3.63, 3.8) is 0 Å². The molecule has 0 bridgehead atoms. The second kappa shape index (κ2) is 5.99. The summed E-state index contributed by atoms with van der Waals surface area (Å²) in [5.74, 6) is 0.878. The lowest BCUT2D eigenvalue weighted by Crippen LogP contribution is -2.26. The molecule has 0 aromatic heterocycles. The van der Waals surface area contributed by atoms with Crippen LogP contribution < -0.4 is 0 Å². The summed E-state index contributed by atoms with van der Waals surface area (Å²) < 4.78 is 5.84. The van der Waals surface area contributed by atoms with Gasteiger partial charge in [0.1, 0.15) is 0 Å². The smallest absolute Gasteiger partial charge is 0.183 e. The number of hydrogen-bond donors (Lipinski definition) is 0. The van der Waals surface area contributed by atoms with Crippen LogP contribution in [0.5, 0.6) is 0 Å². The van der Waals surface area contributed by atoms with Gasteiger partial charge in [0.25, 0.3) is 0 Å². The Balaban J connectivity index is 3.42. The van der Waals surface area contributed by atoms with Gasteiger partial charge in [0.15, 0.2) is 8.32 Å². The molecule has 0 rings (SSSR count). The highest BCUT2D eigenvalue weighted by Crippen LogP contribution is 2.13. The van der Waals surface area contributed by atoms with Crippen molar-refractivity contribution >= 4 is 17.1 Å². The summed E-state index contributed by atoms with van der Waals surface area (Å²) in [6.07, 6.45) is 1.26. The monoisotopic (exact) mass is 218 g/mol. The van der Waals surface area contributed by atoms with Gasteiger partial charge in [-0.25, -0.2) is 0 Å². The topological polar surface area (TPSA) is 9.23 Å². The molecule has 0 aliphatic carbocycles. The first kappa shape index (κ1) is 13.4. The van der Waals surface area contributed by atoms with E-state index in [9.17, 15) is 0 Å². The SMILES string of the molecule is CC(CCO[Si](C)(C)C)C[SiH](C)C. The van der Waals surface area contributed by atoms with Crippen molar-refractivity contribution in [1.29, 1.82) is 0 Å². The van der Waals surface area contributed by atoms with Crippen LogP contribution in [0.1, 0.15) is 13.3 Å². The van der Waals surface area contributed by atoms with E-state index in [-0.39, 0.29) is 8.80 Å². The van der Waals surface area contributed by atoms with E-state index in [0.717, 1.165) is 12.5 Å². The summed E-state index contributed by atoms with van der Waals surface area (Å²) in [6, 6.07) is 1.47. The third-order valence-electron chi connectivity index (χ3n) is 2.02. The van der Waals surface area contributed by atoms with E-state index in [1.807, 2.05) is 0 Å². The van der Waals surface area contributed by atoms with E-state index in [1.54, 1.807) is 0 Å². The van der Waals surface area contributed by atoms with Gasteiger partial charge in [-0.3, -0.25) is 0 Å². The van der Waals surface area contributed by atoms with Crippen molar-refractivity contribution in [3.05, 3.63) is 0 Å². The van der Waals surface area contributed by atoms with Crippen molar-refractivity contribution in [2.45, 2.75) is 52.1 Å². The fourth-order valence-corrected chi connectivity index (χ4v) is 4.06. The Morgan fingerprint density at radius 1 is 1.23 bits per heavy atom. The zero-order valence-corrected chi connectivity index (χ0v) is 12.3. The summed E-state index contributed by atoms with van der Waals surface area (Å²) in [4.78, 5) is 0. The van der Waals surface area contributed by atoms with Gasteiger partial charge < -0.3 is 4.43 Å². The van der Waals surface area contributed by atoms with Crippen molar-refractivity contribution < 1.29 is 4.43 Å². The Bertz CT molecular complexity index is 129. The maximum Gasteiger partial charge on any atom is 0.183 e. The molecule has 1 unspecified atom stereocenters. The Labute approximate surface area is 86.6 Å². The summed E-state index contributed by atoms with van der Waals surface area (Å²) in [5, 5.41) is 0. The first-order chi connectivity index (χ1) is 5.81. The van der Waals surface area contributed by atoms with Gasteiger partial charge in [-0.05, 0) is 32.0 Å². The normalized spacial score (nSPS) is 15.0. The van der Waals surface area contributed by atoms with E-state index in [1.165, 1.54) is 12.5 Å². The van der Waals surface area contributed by atoms with Crippen molar-refractivity contribution in [3.8, 4) is 0 Å². The van der Waals surface area contributed by atoms with Crippen molar-refractivity contribution in [2.24, 2.45) is 5.92 Å². The third-order valence-corrected chi connectivity index (χ3v) is 4.84. The molecule has 0 N–H and O–H groups in total. The maximum atomic E-state index is 5.84. The standard InChI is InChI=1S/C10H26OSi2/c1-10(9-12(2)3)7-8-11-13(4,5)6/h10,12H,7-9H2,1-6H3. The van der Waals surface area contributed by atoms with Crippen LogP contribution in [0.3, 0.4) is 0 Å². The Hall–Kier alpha value is 0.394. The Morgan fingerprint density at radius 2 is 1.77 bits per heavy atom. The fourth-order valence-electron chi connectivity index (χ4n) is 1.49. The molecule has 1 nitrogen and oxygen atoms in total. The molecule has 0 saturated heterocycles. The molecule has 0 aromatic rings. The highest BCUT2D eigenvalue weighted by Gasteiger charge is 2.14. The van der Waals surface area contributed by atoms with Gasteiger partial charge in [-0.15, -0.1) is 0 Å². The van der Waals surface area contributed by atoms with Gasteiger partial charge in [0, 0.05) is 15.4 Å². The molecule has 0 saturated carbocycles. The summed E-state index contributed by atoms with van der Waals surface area (Å²) in [6.45, 7) is 15.0. The van der Waals surface area contributed by atoms with Crippen LogP contribution >= 0.6 is 0 Å². The van der Waals surface area contributed by atoms with E-state index in [0.29, 0.717) is 0 Å². The third kappa shape index (κ3) is 10.3. The minimum Gasteiger partial charge on any atom is -0.418 e. The summed E-state index contributed by atoms with van der Waals surface area (Å²) in [5.41, 5.74) is 0. The molecule has 80 valence electrons. The first-order valence-electron chi connectivity index (χ1n) is 5.45. The molecule has 0 spiro atoms. The minimum absolute atomic E-state index is 0.357. The number of hydrogen-bond acceptors (Lipinski definition) is 1.